The highest BCUT2D eigenvalue weighted by molar-refractivity contribution is 6.30. The van der Waals surface area contributed by atoms with Gasteiger partial charge >= 0.3 is 0 Å². The normalized spacial score (nSPS) is 15.3. The van der Waals surface area contributed by atoms with E-state index in [1.54, 1.807) is 0 Å². The molecule has 0 aromatic carbocycles. The topological polar surface area (TPSA) is 25.8 Å². The fraction of sp³-hybridized carbons (Fsp3) is 0.636. The minimum absolute atomic E-state index is 0.693. The van der Waals surface area contributed by atoms with E-state index in [0.29, 0.717) is 5.15 Å². The fourth-order valence-corrected chi connectivity index (χ4v) is 2.23. The average Bonchev–Trinajstić information content (AvgIpc) is 2.18. The second kappa shape index (κ2) is 4.26. The Balaban J connectivity index is 2.36. The molecule has 3 heteroatoms. The molecule has 0 saturated heterocycles. The van der Waals surface area contributed by atoms with Gasteiger partial charge in [-0.15, -0.1) is 0 Å². The van der Waals surface area contributed by atoms with Crippen LogP contribution in [0.3, 0.4) is 0 Å². The molecule has 1 aliphatic rings. The van der Waals surface area contributed by atoms with Crippen LogP contribution < -0.4 is 0 Å². The van der Waals surface area contributed by atoms with Gasteiger partial charge in [-0.05, 0) is 32.1 Å². The lowest BCUT2D eigenvalue weighted by atomic mass is 9.97. The van der Waals surface area contributed by atoms with E-state index >= 15 is 0 Å². The number of halogens is 1. The van der Waals surface area contributed by atoms with Crippen LogP contribution >= 0.6 is 11.6 Å². The van der Waals surface area contributed by atoms with E-state index in [1.807, 2.05) is 0 Å². The van der Waals surface area contributed by atoms with E-state index in [2.05, 4.69) is 16.9 Å². The minimum atomic E-state index is 0.693. The van der Waals surface area contributed by atoms with Crippen molar-refractivity contribution in [1.29, 1.82) is 0 Å². The van der Waals surface area contributed by atoms with Crippen molar-refractivity contribution in [2.45, 2.75) is 45.4 Å². The van der Waals surface area contributed by atoms with Crippen molar-refractivity contribution in [2.75, 3.05) is 0 Å². The summed E-state index contributed by atoms with van der Waals surface area (Å²) in [7, 11) is 0. The van der Waals surface area contributed by atoms with E-state index in [-0.39, 0.29) is 0 Å². The van der Waals surface area contributed by atoms with Crippen molar-refractivity contribution in [3.8, 4) is 0 Å². The van der Waals surface area contributed by atoms with E-state index in [1.165, 1.54) is 24.1 Å². The lowest BCUT2D eigenvalue weighted by molar-refractivity contribution is 0.651. The second-order valence-corrected chi connectivity index (χ2v) is 4.17. The first kappa shape index (κ1) is 9.91. The molecular weight excluding hydrogens is 196 g/mol. The molecule has 0 N–H and O–H groups in total. The zero-order chi connectivity index (χ0) is 9.97. The summed E-state index contributed by atoms with van der Waals surface area (Å²) >= 11 is 6.13. The summed E-state index contributed by atoms with van der Waals surface area (Å²) in [5.74, 6) is 0.915. The molecule has 14 heavy (non-hydrogen) atoms. The maximum Gasteiger partial charge on any atom is 0.136 e. The maximum absolute atomic E-state index is 6.13. The first-order chi connectivity index (χ1) is 6.81. The molecule has 0 spiro atoms. The Bertz CT molecular complexity index is 336. The summed E-state index contributed by atoms with van der Waals surface area (Å²) in [4.78, 5) is 8.90. The summed E-state index contributed by atoms with van der Waals surface area (Å²) in [5.41, 5.74) is 2.39. The van der Waals surface area contributed by atoms with Gasteiger partial charge in [0.25, 0.3) is 0 Å². The maximum atomic E-state index is 6.13. The number of hydrogen-bond acceptors (Lipinski definition) is 2. The van der Waals surface area contributed by atoms with Crippen molar-refractivity contribution in [2.24, 2.45) is 0 Å². The lowest BCUT2D eigenvalue weighted by Gasteiger charge is -2.16. The average molecular weight is 211 g/mol. The SMILES string of the molecule is CCCc1nc(Cl)c2c(n1)CCCC2. The molecule has 0 aliphatic heterocycles. The number of aromatic nitrogens is 2. The van der Waals surface area contributed by atoms with Crippen LogP contribution in [0.15, 0.2) is 0 Å². The van der Waals surface area contributed by atoms with Gasteiger partial charge in [0, 0.05) is 17.7 Å². The van der Waals surface area contributed by atoms with Crippen LogP contribution in [0, 0.1) is 0 Å². The molecule has 0 bridgehead atoms. The zero-order valence-electron chi connectivity index (χ0n) is 8.52. The molecule has 0 fully saturated rings. The molecule has 0 radical (unpaired) electrons. The first-order valence-corrected chi connectivity index (χ1v) is 5.73. The standard InChI is InChI=1S/C11H15ClN2/c1-2-5-10-13-9-7-4-3-6-8(9)11(12)14-10/h2-7H2,1H3. The van der Waals surface area contributed by atoms with Gasteiger partial charge in [0.15, 0.2) is 0 Å². The third-order valence-electron chi connectivity index (χ3n) is 2.65. The van der Waals surface area contributed by atoms with Crippen LogP contribution in [0.1, 0.15) is 43.3 Å². The van der Waals surface area contributed by atoms with Gasteiger partial charge in [-0.2, -0.15) is 0 Å². The van der Waals surface area contributed by atoms with E-state index in [4.69, 9.17) is 11.6 Å². The van der Waals surface area contributed by atoms with E-state index in [0.717, 1.165) is 31.5 Å². The van der Waals surface area contributed by atoms with E-state index in [9.17, 15) is 0 Å². The third-order valence-corrected chi connectivity index (χ3v) is 2.97. The largest absolute Gasteiger partial charge is 0.238 e. The highest BCUT2D eigenvalue weighted by Crippen LogP contribution is 2.25. The van der Waals surface area contributed by atoms with Gasteiger partial charge in [-0.25, -0.2) is 9.97 Å². The smallest absolute Gasteiger partial charge is 0.136 e. The highest BCUT2D eigenvalue weighted by atomic mass is 35.5. The van der Waals surface area contributed by atoms with Gasteiger partial charge in [0.1, 0.15) is 11.0 Å². The molecule has 76 valence electrons. The molecular formula is C11H15ClN2. The van der Waals surface area contributed by atoms with Crippen LogP contribution in [-0.2, 0) is 19.3 Å². The Hall–Kier alpha value is -0.630. The van der Waals surface area contributed by atoms with Crippen LogP contribution in [0.4, 0.5) is 0 Å². The molecule has 1 aromatic rings. The number of rotatable bonds is 2. The molecule has 1 aromatic heterocycles. The zero-order valence-corrected chi connectivity index (χ0v) is 9.27. The predicted molar refractivity (Wildman–Crippen MR) is 57.7 cm³/mol. The first-order valence-electron chi connectivity index (χ1n) is 5.35. The molecule has 0 atom stereocenters. The van der Waals surface area contributed by atoms with Crippen LogP contribution in [0.25, 0.3) is 0 Å². The van der Waals surface area contributed by atoms with Crippen molar-refractivity contribution in [3.63, 3.8) is 0 Å². The number of nitrogens with zero attached hydrogens (tertiary/aromatic N) is 2. The Labute approximate surface area is 89.7 Å². The van der Waals surface area contributed by atoms with E-state index < -0.39 is 0 Å². The molecule has 0 saturated carbocycles. The summed E-state index contributed by atoms with van der Waals surface area (Å²) in [5, 5.41) is 0.693. The minimum Gasteiger partial charge on any atom is -0.238 e. The summed E-state index contributed by atoms with van der Waals surface area (Å²) < 4.78 is 0. The summed E-state index contributed by atoms with van der Waals surface area (Å²) in [6.07, 6.45) is 6.62. The summed E-state index contributed by atoms with van der Waals surface area (Å²) in [6, 6.07) is 0. The van der Waals surface area contributed by atoms with Crippen LogP contribution in [0.5, 0.6) is 0 Å². The lowest BCUT2D eigenvalue weighted by Crippen LogP contribution is -2.10. The Morgan fingerprint density at radius 3 is 2.79 bits per heavy atom. The predicted octanol–water partition coefficient (Wildman–Crippen LogP) is 2.96. The van der Waals surface area contributed by atoms with Crippen molar-refractivity contribution >= 4 is 11.6 Å². The quantitative estimate of drug-likeness (QED) is 0.702. The fourth-order valence-electron chi connectivity index (χ4n) is 1.93. The van der Waals surface area contributed by atoms with Crippen LogP contribution in [-0.4, -0.2) is 9.97 Å². The monoisotopic (exact) mass is 210 g/mol. The second-order valence-electron chi connectivity index (χ2n) is 3.81. The van der Waals surface area contributed by atoms with Crippen molar-refractivity contribution < 1.29 is 0 Å². The molecule has 1 heterocycles. The van der Waals surface area contributed by atoms with Gasteiger partial charge in [0.05, 0.1) is 0 Å². The Kier molecular flexibility index (Phi) is 3.02. The van der Waals surface area contributed by atoms with Crippen molar-refractivity contribution in [3.05, 3.63) is 22.2 Å². The van der Waals surface area contributed by atoms with Gasteiger partial charge < -0.3 is 0 Å². The Morgan fingerprint density at radius 2 is 2.00 bits per heavy atom. The molecule has 0 unspecified atom stereocenters. The van der Waals surface area contributed by atoms with Gasteiger partial charge in [0.2, 0.25) is 0 Å². The Morgan fingerprint density at radius 1 is 1.21 bits per heavy atom. The molecule has 2 nitrogen and oxygen atoms in total. The molecule has 2 rings (SSSR count). The molecule has 1 aliphatic carbocycles. The van der Waals surface area contributed by atoms with Gasteiger partial charge in [-0.1, -0.05) is 18.5 Å². The number of fused-ring (bicyclic) bond motifs is 1. The third kappa shape index (κ3) is 1.90. The van der Waals surface area contributed by atoms with Crippen molar-refractivity contribution in [1.82, 2.24) is 9.97 Å². The van der Waals surface area contributed by atoms with Gasteiger partial charge in [-0.3, -0.25) is 0 Å². The number of aryl methyl sites for hydroxylation is 2. The summed E-state index contributed by atoms with van der Waals surface area (Å²) in [6.45, 7) is 2.14. The van der Waals surface area contributed by atoms with Crippen LogP contribution in [0.2, 0.25) is 5.15 Å². The molecule has 0 amide bonds. The highest BCUT2D eigenvalue weighted by Gasteiger charge is 2.15. The number of hydrogen-bond donors (Lipinski definition) is 0.